The third-order valence-electron chi connectivity index (χ3n) is 2.31. The molecule has 17 heavy (non-hydrogen) atoms. The van der Waals surface area contributed by atoms with Gasteiger partial charge in [0, 0.05) is 12.5 Å². The van der Waals surface area contributed by atoms with Crippen molar-refractivity contribution in [3.63, 3.8) is 0 Å². The molecule has 0 aliphatic rings. The van der Waals surface area contributed by atoms with E-state index in [-0.39, 0.29) is 12.3 Å². The summed E-state index contributed by atoms with van der Waals surface area (Å²) in [5, 5.41) is 15.2. The van der Waals surface area contributed by atoms with E-state index in [9.17, 15) is 14.7 Å². The number of rotatable bonds is 8. The number of carbonyl (C=O) groups is 2. The summed E-state index contributed by atoms with van der Waals surface area (Å²) in [6, 6.07) is -0.787. The number of nitrogens with two attached hydrogens (primary N) is 1. The number of amides is 1. The molecule has 5 heteroatoms. The van der Waals surface area contributed by atoms with Gasteiger partial charge in [-0.1, -0.05) is 27.7 Å². The minimum absolute atomic E-state index is 0.0260. The summed E-state index contributed by atoms with van der Waals surface area (Å²) >= 11 is 0. The fraction of sp³-hybridized carbons (Fsp3) is 0.833. The lowest BCUT2D eigenvalue weighted by atomic mass is 10.1. The molecule has 0 aliphatic carbocycles. The van der Waals surface area contributed by atoms with Crippen molar-refractivity contribution in [2.24, 2.45) is 11.8 Å². The molecule has 0 aromatic heterocycles. The van der Waals surface area contributed by atoms with Crippen LogP contribution < -0.4 is 15.7 Å². The Morgan fingerprint density at radius 3 is 2.18 bits per heavy atom. The van der Waals surface area contributed by atoms with Gasteiger partial charge in [-0.25, -0.2) is 0 Å². The highest BCUT2D eigenvalue weighted by Gasteiger charge is 2.18. The Labute approximate surface area is 103 Å². The van der Waals surface area contributed by atoms with E-state index < -0.39 is 12.0 Å². The van der Waals surface area contributed by atoms with Crippen LogP contribution in [0.2, 0.25) is 0 Å². The van der Waals surface area contributed by atoms with Gasteiger partial charge >= 0.3 is 0 Å². The van der Waals surface area contributed by atoms with Gasteiger partial charge < -0.3 is 20.5 Å². The zero-order valence-corrected chi connectivity index (χ0v) is 11.2. The van der Waals surface area contributed by atoms with Crippen LogP contribution in [0.3, 0.4) is 0 Å². The van der Waals surface area contributed by atoms with Crippen LogP contribution >= 0.6 is 0 Å². The minimum Gasteiger partial charge on any atom is -0.544 e. The summed E-state index contributed by atoms with van der Waals surface area (Å²) in [6.45, 7) is 9.23. The van der Waals surface area contributed by atoms with Crippen LogP contribution in [-0.2, 0) is 9.59 Å². The van der Waals surface area contributed by atoms with Crippen molar-refractivity contribution in [1.29, 1.82) is 0 Å². The van der Waals surface area contributed by atoms with Crippen LogP contribution in [0, 0.1) is 11.8 Å². The SMILES string of the molecule is CC(C)CNC(=O)C[C@@H]([NH2+]CC(C)C)C(=O)[O-]. The van der Waals surface area contributed by atoms with Gasteiger partial charge in [0.25, 0.3) is 0 Å². The van der Waals surface area contributed by atoms with Crippen molar-refractivity contribution in [2.75, 3.05) is 13.1 Å². The van der Waals surface area contributed by atoms with Crippen molar-refractivity contribution >= 4 is 11.9 Å². The number of carboxylic acids is 1. The molecule has 3 N–H and O–H groups in total. The van der Waals surface area contributed by atoms with Gasteiger partial charge in [0.1, 0.15) is 6.04 Å². The molecule has 0 fully saturated rings. The maximum Gasteiger partial charge on any atom is 0.226 e. The Morgan fingerprint density at radius 1 is 1.18 bits per heavy atom. The van der Waals surface area contributed by atoms with Gasteiger partial charge in [0.15, 0.2) is 0 Å². The predicted molar refractivity (Wildman–Crippen MR) is 62.9 cm³/mol. The Bertz CT molecular complexity index is 252. The molecular weight excluding hydrogens is 220 g/mol. The number of carbonyl (C=O) groups excluding carboxylic acids is 2. The molecule has 0 spiro atoms. The van der Waals surface area contributed by atoms with Gasteiger partial charge in [0.2, 0.25) is 5.91 Å². The number of hydrogen-bond acceptors (Lipinski definition) is 3. The number of nitrogens with one attached hydrogen (secondary N) is 1. The molecule has 0 rings (SSSR count). The molecule has 0 unspecified atom stereocenters. The number of hydrogen-bond donors (Lipinski definition) is 2. The van der Waals surface area contributed by atoms with Gasteiger partial charge in [-0.15, -0.1) is 0 Å². The summed E-state index contributed by atoms with van der Waals surface area (Å²) in [5.41, 5.74) is 0. The maximum atomic E-state index is 11.5. The molecule has 0 aliphatic heterocycles. The van der Waals surface area contributed by atoms with E-state index in [0.717, 1.165) is 0 Å². The van der Waals surface area contributed by atoms with Crippen LogP contribution in [0.25, 0.3) is 0 Å². The van der Waals surface area contributed by atoms with Crippen LogP contribution in [0.1, 0.15) is 34.1 Å². The largest absolute Gasteiger partial charge is 0.544 e. The Balaban J connectivity index is 4.07. The van der Waals surface area contributed by atoms with Crippen molar-refractivity contribution in [1.82, 2.24) is 5.32 Å². The highest BCUT2D eigenvalue weighted by Crippen LogP contribution is 1.91. The maximum absolute atomic E-state index is 11.5. The van der Waals surface area contributed by atoms with Gasteiger partial charge in [0.05, 0.1) is 18.9 Å². The fourth-order valence-electron chi connectivity index (χ4n) is 1.29. The predicted octanol–water partition coefficient (Wildman–Crippen LogP) is -1.51. The van der Waals surface area contributed by atoms with Crippen LogP contribution in [0.15, 0.2) is 0 Å². The molecule has 1 atom stereocenters. The smallest absolute Gasteiger partial charge is 0.226 e. The summed E-state index contributed by atoms with van der Waals surface area (Å²) in [5.74, 6) is -0.658. The van der Waals surface area contributed by atoms with Crippen LogP contribution in [-0.4, -0.2) is 31.0 Å². The topological polar surface area (TPSA) is 85.8 Å². The molecule has 0 bridgehead atoms. The normalized spacial score (nSPS) is 12.8. The Hall–Kier alpha value is -1.10. The average molecular weight is 244 g/mol. The number of quaternary nitrogens is 1. The van der Waals surface area contributed by atoms with Crippen molar-refractivity contribution in [2.45, 2.75) is 40.2 Å². The second-order valence-corrected chi connectivity index (χ2v) is 5.19. The third-order valence-corrected chi connectivity index (χ3v) is 2.31. The van der Waals surface area contributed by atoms with Crippen molar-refractivity contribution < 1.29 is 20.0 Å². The Kier molecular flexibility index (Phi) is 7.54. The molecule has 0 heterocycles. The van der Waals surface area contributed by atoms with E-state index in [1.54, 1.807) is 5.32 Å². The quantitative estimate of drug-likeness (QED) is 0.544. The van der Waals surface area contributed by atoms with E-state index in [1.807, 2.05) is 27.7 Å². The molecule has 0 saturated carbocycles. The van der Waals surface area contributed by atoms with Gasteiger partial charge in [-0.2, -0.15) is 0 Å². The summed E-state index contributed by atoms with van der Waals surface area (Å²) in [6.07, 6.45) is -0.0260. The molecule has 100 valence electrons. The first-order valence-corrected chi connectivity index (χ1v) is 6.13. The van der Waals surface area contributed by atoms with Gasteiger partial charge in [-0.05, 0) is 5.92 Å². The first-order chi connectivity index (χ1) is 7.82. The molecule has 0 saturated heterocycles. The molecule has 1 amide bonds. The second-order valence-electron chi connectivity index (χ2n) is 5.19. The lowest BCUT2D eigenvalue weighted by Gasteiger charge is -2.17. The minimum atomic E-state index is -1.18. The third kappa shape index (κ3) is 8.68. The van der Waals surface area contributed by atoms with Gasteiger partial charge in [-0.3, -0.25) is 4.79 Å². The molecule has 0 aromatic rings. The first-order valence-electron chi connectivity index (χ1n) is 6.13. The molecule has 0 aromatic carbocycles. The summed E-state index contributed by atoms with van der Waals surface area (Å²) < 4.78 is 0. The van der Waals surface area contributed by atoms with Crippen molar-refractivity contribution in [3.8, 4) is 0 Å². The highest BCUT2D eigenvalue weighted by molar-refractivity contribution is 5.82. The summed E-state index contributed by atoms with van der Waals surface area (Å²) in [4.78, 5) is 22.3. The number of carboxylic acid groups (broad SMARTS) is 1. The number of aliphatic carboxylic acids is 1. The van der Waals surface area contributed by atoms with E-state index in [2.05, 4.69) is 5.32 Å². The van der Waals surface area contributed by atoms with E-state index in [0.29, 0.717) is 24.9 Å². The van der Waals surface area contributed by atoms with Crippen LogP contribution in [0.5, 0.6) is 0 Å². The average Bonchev–Trinajstić information content (AvgIpc) is 2.20. The van der Waals surface area contributed by atoms with Crippen molar-refractivity contribution in [3.05, 3.63) is 0 Å². The van der Waals surface area contributed by atoms with E-state index in [1.165, 1.54) is 0 Å². The monoisotopic (exact) mass is 244 g/mol. The Morgan fingerprint density at radius 2 is 1.76 bits per heavy atom. The lowest BCUT2D eigenvalue weighted by Crippen LogP contribution is -2.94. The fourth-order valence-corrected chi connectivity index (χ4v) is 1.29. The standard InChI is InChI=1S/C12H24N2O3/c1-8(2)6-13-10(12(16)17)5-11(15)14-7-9(3)4/h8-10,13H,5-7H2,1-4H3,(H,14,15)(H,16,17)/t10-/m1/s1. The van der Waals surface area contributed by atoms with E-state index >= 15 is 0 Å². The highest BCUT2D eigenvalue weighted by atomic mass is 16.4. The second kappa shape index (κ2) is 8.06. The molecular formula is C12H24N2O3. The molecule has 0 radical (unpaired) electrons. The summed E-state index contributed by atoms with van der Waals surface area (Å²) in [7, 11) is 0. The van der Waals surface area contributed by atoms with Crippen LogP contribution in [0.4, 0.5) is 0 Å². The zero-order valence-electron chi connectivity index (χ0n) is 11.2. The molecule has 5 nitrogen and oxygen atoms in total. The first kappa shape index (κ1) is 15.9. The van der Waals surface area contributed by atoms with E-state index in [4.69, 9.17) is 0 Å². The lowest BCUT2D eigenvalue weighted by molar-refractivity contribution is -0.686. The zero-order chi connectivity index (χ0) is 13.4.